The van der Waals surface area contributed by atoms with E-state index in [4.69, 9.17) is 0 Å². The minimum absolute atomic E-state index is 0.151. The van der Waals surface area contributed by atoms with E-state index in [0.29, 0.717) is 17.2 Å². The summed E-state index contributed by atoms with van der Waals surface area (Å²) in [6.07, 6.45) is 1.44. The molecular weight excluding hydrogens is 420 g/mol. The second-order valence-electron chi connectivity index (χ2n) is 6.83. The average molecular weight is 439 g/mol. The van der Waals surface area contributed by atoms with Crippen molar-refractivity contribution < 1.29 is 15.0 Å². The molecule has 0 radical (unpaired) electrons. The second-order valence-corrected chi connectivity index (χ2v) is 9.22. The van der Waals surface area contributed by atoms with Crippen molar-refractivity contribution >= 4 is 51.6 Å². The van der Waals surface area contributed by atoms with Crippen LogP contribution in [0.4, 0.5) is 11.5 Å². The molecule has 0 saturated heterocycles. The molecule has 0 amide bonds. The molecule has 4 rings (SSSR count). The van der Waals surface area contributed by atoms with Gasteiger partial charge < -0.3 is 15.5 Å². The van der Waals surface area contributed by atoms with Gasteiger partial charge in [-0.15, -0.1) is 11.3 Å². The molecule has 3 heterocycles. The summed E-state index contributed by atoms with van der Waals surface area (Å²) in [5.74, 6) is -0.0173. The number of thiophene rings is 1. The van der Waals surface area contributed by atoms with Crippen molar-refractivity contribution in [2.45, 2.75) is 28.9 Å². The highest BCUT2D eigenvalue weighted by atomic mass is 32.2. The summed E-state index contributed by atoms with van der Waals surface area (Å²) in [5, 5.41) is 23.2. The highest BCUT2D eigenvalue weighted by molar-refractivity contribution is 8.01. The lowest BCUT2D eigenvalue weighted by molar-refractivity contribution is 0.0702. The molecule has 4 aromatic rings. The zero-order valence-corrected chi connectivity index (χ0v) is 17.8. The third-order valence-electron chi connectivity index (χ3n) is 4.30. The number of phenols is 1. The van der Waals surface area contributed by atoms with Crippen LogP contribution >= 0.6 is 23.1 Å². The Morgan fingerprint density at radius 1 is 1.17 bits per heavy atom. The van der Waals surface area contributed by atoms with E-state index in [1.807, 2.05) is 18.2 Å². The zero-order chi connectivity index (χ0) is 21.3. The van der Waals surface area contributed by atoms with Crippen LogP contribution in [-0.2, 0) is 0 Å². The summed E-state index contributed by atoms with van der Waals surface area (Å²) in [6.45, 7) is 4.14. The van der Waals surface area contributed by atoms with Crippen LogP contribution in [0, 0.1) is 0 Å². The van der Waals surface area contributed by atoms with Gasteiger partial charge in [-0.05, 0) is 42.3 Å². The third kappa shape index (κ3) is 4.22. The number of nitrogens with zero attached hydrogens (tertiary/aromatic N) is 3. The van der Waals surface area contributed by atoms with Crippen LogP contribution in [-0.4, -0.2) is 31.1 Å². The van der Waals surface area contributed by atoms with Crippen LogP contribution in [0.5, 0.6) is 5.75 Å². The van der Waals surface area contributed by atoms with Gasteiger partial charge in [-0.3, -0.25) is 0 Å². The molecule has 9 heteroatoms. The van der Waals surface area contributed by atoms with Crippen LogP contribution < -0.4 is 5.32 Å². The highest BCUT2D eigenvalue weighted by Gasteiger charge is 2.17. The number of pyridine rings is 1. The van der Waals surface area contributed by atoms with Gasteiger partial charge in [0.05, 0.1) is 15.3 Å². The first kappa shape index (κ1) is 20.1. The number of nitrogens with one attached hydrogen (secondary N) is 1. The van der Waals surface area contributed by atoms with Crippen molar-refractivity contribution in [1.82, 2.24) is 15.0 Å². The van der Waals surface area contributed by atoms with Crippen LogP contribution in [0.3, 0.4) is 0 Å². The van der Waals surface area contributed by atoms with Gasteiger partial charge in [-0.1, -0.05) is 31.7 Å². The molecule has 0 unspecified atom stereocenters. The fourth-order valence-electron chi connectivity index (χ4n) is 2.80. The highest BCUT2D eigenvalue weighted by Crippen LogP contribution is 2.42. The number of fused-ring (bicyclic) bond motifs is 1. The lowest BCUT2D eigenvalue weighted by Gasteiger charge is -2.10. The van der Waals surface area contributed by atoms with Crippen LogP contribution in [0.1, 0.15) is 35.1 Å². The van der Waals surface area contributed by atoms with Crippen molar-refractivity contribution in [2.24, 2.45) is 0 Å². The van der Waals surface area contributed by atoms with Crippen molar-refractivity contribution in [3.05, 3.63) is 59.4 Å². The van der Waals surface area contributed by atoms with Crippen molar-refractivity contribution in [3.63, 3.8) is 0 Å². The number of anilines is 2. The van der Waals surface area contributed by atoms with Crippen LogP contribution in [0.2, 0.25) is 0 Å². The summed E-state index contributed by atoms with van der Waals surface area (Å²) < 4.78 is 0.747. The molecule has 30 heavy (non-hydrogen) atoms. The fraction of sp³-hybridized carbons (Fsp3) is 0.143. The third-order valence-corrected chi connectivity index (χ3v) is 6.61. The predicted molar refractivity (Wildman–Crippen MR) is 118 cm³/mol. The first-order valence-electron chi connectivity index (χ1n) is 9.13. The zero-order valence-electron chi connectivity index (χ0n) is 16.2. The smallest absolute Gasteiger partial charge is 0.345 e. The first-order chi connectivity index (χ1) is 14.4. The number of phenolic OH excluding ortho intramolecular Hbond substituents is 1. The Balaban J connectivity index is 1.73. The number of aromatic hydroxyl groups is 1. The number of aromatic nitrogens is 3. The Bertz CT molecular complexity index is 1240. The van der Waals surface area contributed by atoms with E-state index in [1.54, 1.807) is 24.3 Å². The van der Waals surface area contributed by atoms with Gasteiger partial charge in [0.15, 0.2) is 5.65 Å². The molecule has 0 fully saturated rings. The summed E-state index contributed by atoms with van der Waals surface area (Å²) in [4.78, 5) is 25.7. The lowest BCUT2D eigenvalue weighted by Crippen LogP contribution is -1.99. The molecule has 0 aliphatic heterocycles. The molecule has 152 valence electrons. The average Bonchev–Trinajstić information content (AvgIpc) is 3.10. The summed E-state index contributed by atoms with van der Waals surface area (Å²) in [6, 6.07) is 12.3. The number of hydrogen-bond donors (Lipinski definition) is 3. The van der Waals surface area contributed by atoms with E-state index in [0.717, 1.165) is 31.5 Å². The van der Waals surface area contributed by atoms with Gasteiger partial charge in [0.25, 0.3) is 0 Å². The monoisotopic (exact) mass is 438 g/mol. The Morgan fingerprint density at radius 3 is 2.73 bits per heavy atom. The second kappa shape index (κ2) is 8.29. The molecule has 0 aliphatic rings. The van der Waals surface area contributed by atoms with Crippen molar-refractivity contribution in [3.8, 4) is 5.75 Å². The molecule has 0 spiro atoms. The summed E-state index contributed by atoms with van der Waals surface area (Å²) in [7, 11) is 0. The Hall–Kier alpha value is -3.17. The van der Waals surface area contributed by atoms with E-state index in [9.17, 15) is 15.0 Å². The van der Waals surface area contributed by atoms with E-state index in [2.05, 4.69) is 34.1 Å². The van der Waals surface area contributed by atoms with E-state index in [-0.39, 0.29) is 16.5 Å². The van der Waals surface area contributed by atoms with Gasteiger partial charge >= 0.3 is 5.97 Å². The molecule has 0 bridgehead atoms. The number of carbonyl (C=O) groups is 1. The SMILES string of the molecule is CC(C)c1ccc2c(Nc3cc(C(=O)O)sc3Sc3cccc(O)c3)ncnc2n1. The van der Waals surface area contributed by atoms with Crippen LogP contribution in [0.15, 0.2) is 57.9 Å². The fourth-order valence-corrected chi connectivity index (χ4v) is 4.97. The normalized spacial score (nSPS) is 11.2. The maximum Gasteiger partial charge on any atom is 0.345 e. The maximum absolute atomic E-state index is 11.5. The molecule has 3 N–H and O–H groups in total. The van der Waals surface area contributed by atoms with Crippen LogP contribution in [0.25, 0.3) is 11.0 Å². The topological polar surface area (TPSA) is 108 Å². The lowest BCUT2D eigenvalue weighted by atomic mass is 10.1. The van der Waals surface area contributed by atoms with E-state index >= 15 is 0 Å². The summed E-state index contributed by atoms with van der Waals surface area (Å²) in [5.41, 5.74) is 2.14. The minimum Gasteiger partial charge on any atom is -0.508 e. The molecule has 0 aliphatic carbocycles. The Labute approximate surface area is 180 Å². The summed E-state index contributed by atoms with van der Waals surface area (Å²) >= 11 is 2.53. The van der Waals surface area contributed by atoms with Crippen molar-refractivity contribution in [1.29, 1.82) is 0 Å². The molecule has 0 saturated carbocycles. The van der Waals surface area contributed by atoms with Gasteiger partial charge in [-0.2, -0.15) is 0 Å². The first-order valence-corrected chi connectivity index (χ1v) is 10.8. The number of carboxylic acid groups (broad SMARTS) is 1. The molecule has 7 nitrogen and oxygen atoms in total. The number of carboxylic acids is 1. The van der Waals surface area contributed by atoms with E-state index < -0.39 is 5.97 Å². The van der Waals surface area contributed by atoms with Gasteiger partial charge in [0, 0.05) is 10.6 Å². The number of hydrogen-bond acceptors (Lipinski definition) is 8. The largest absolute Gasteiger partial charge is 0.508 e. The van der Waals surface area contributed by atoms with Crippen molar-refractivity contribution in [2.75, 3.05) is 5.32 Å². The Kier molecular flexibility index (Phi) is 5.56. The predicted octanol–water partition coefficient (Wildman–Crippen LogP) is 5.51. The number of benzene rings is 1. The number of aromatic carboxylic acids is 1. The standard InChI is InChI=1S/C21H18N4O3S2/c1-11(2)15-7-6-14-18(24-15)22-10-23-19(14)25-16-9-17(20(27)28)30-21(16)29-13-5-3-4-12(26)8-13/h3-11,26H,1-2H3,(H,27,28)(H,22,23,24,25). The van der Waals surface area contributed by atoms with Gasteiger partial charge in [0.2, 0.25) is 0 Å². The van der Waals surface area contributed by atoms with Gasteiger partial charge in [0.1, 0.15) is 22.8 Å². The number of rotatable bonds is 6. The molecule has 3 aromatic heterocycles. The minimum atomic E-state index is -0.999. The molecular formula is C21H18N4O3S2. The quantitative estimate of drug-likeness (QED) is 0.362. The van der Waals surface area contributed by atoms with E-state index in [1.165, 1.54) is 18.1 Å². The van der Waals surface area contributed by atoms with Gasteiger partial charge in [-0.25, -0.2) is 19.7 Å². The Morgan fingerprint density at radius 2 is 2.00 bits per heavy atom. The molecule has 0 atom stereocenters. The molecule has 1 aromatic carbocycles. The maximum atomic E-state index is 11.5.